The van der Waals surface area contributed by atoms with E-state index < -0.39 is 18.0 Å². The van der Waals surface area contributed by atoms with Gasteiger partial charge in [-0.25, -0.2) is 9.37 Å². The summed E-state index contributed by atoms with van der Waals surface area (Å²) in [5.74, 6) is -0.616. The molecule has 1 aliphatic heterocycles. The Hall–Kier alpha value is -3.85. The normalized spacial score (nSPS) is 16.9. The fourth-order valence-electron chi connectivity index (χ4n) is 4.87. The zero-order valence-corrected chi connectivity index (χ0v) is 22.7. The van der Waals surface area contributed by atoms with Gasteiger partial charge in [-0.15, -0.1) is 0 Å². The molecule has 0 unspecified atom stereocenters. The van der Waals surface area contributed by atoms with Crippen molar-refractivity contribution in [2.45, 2.75) is 64.6 Å². The zero-order chi connectivity index (χ0) is 27.9. The number of aromatic nitrogens is 2. The van der Waals surface area contributed by atoms with Crippen LogP contribution in [0.4, 0.5) is 4.39 Å². The average Bonchev–Trinajstić information content (AvgIpc) is 3.41. The molecule has 0 bridgehead atoms. The summed E-state index contributed by atoms with van der Waals surface area (Å²) >= 11 is 0. The summed E-state index contributed by atoms with van der Waals surface area (Å²) in [6.07, 6.45) is 4.41. The smallest absolute Gasteiger partial charge is 0.238 e. The number of Topliss-reactive ketones (excluding diaryl/α,β-unsaturated/α-hetero) is 1. The molecule has 0 spiro atoms. The maximum absolute atomic E-state index is 14.4. The van der Waals surface area contributed by atoms with Gasteiger partial charge in [0.15, 0.2) is 5.78 Å². The van der Waals surface area contributed by atoms with E-state index >= 15 is 0 Å². The van der Waals surface area contributed by atoms with Gasteiger partial charge in [0, 0.05) is 23.7 Å². The van der Waals surface area contributed by atoms with E-state index in [-0.39, 0.29) is 36.5 Å². The van der Waals surface area contributed by atoms with Crippen molar-refractivity contribution in [1.29, 1.82) is 0 Å². The van der Waals surface area contributed by atoms with Gasteiger partial charge in [0.1, 0.15) is 11.6 Å². The molecule has 3 N–H and O–H groups in total. The van der Waals surface area contributed by atoms with E-state index in [1.54, 1.807) is 37.3 Å². The van der Waals surface area contributed by atoms with Crippen LogP contribution in [0.3, 0.4) is 0 Å². The van der Waals surface area contributed by atoms with E-state index in [0.717, 1.165) is 24.8 Å². The van der Waals surface area contributed by atoms with Crippen molar-refractivity contribution in [2.75, 3.05) is 13.1 Å². The fourth-order valence-corrected chi connectivity index (χ4v) is 4.87. The molecule has 0 aliphatic carbocycles. The third kappa shape index (κ3) is 7.17. The van der Waals surface area contributed by atoms with Crippen LogP contribution >= 0.6 is 0 Å². The maximum atomic E-state index is 14.4. The standard InChI is InChI=1S/C30H36FN5O3/c1-19-12-13-23(24(31)15-19)26-17-33-29(35-26)21(3)34-30(39)25(16-28(38)36-14-8-7-9-20(36)2)32-18-27(37)22-10-5-4-6-11-22/h4-6,10-13,15,17,20-21,25,32H,7-9,14,16,18H2,1-3H3,(H,33,35)(H,34,39)/t20-,21-,25-/m0/s1. The third-order valence-electron chi connectivity index (χ3n) is 7.20. The molecule has 1 saturated heterocycles. The molecule has 3 atom stereocenters. The number of hydrogen-bond acceptors (Lipinski definition) is 5. The molecule has 8 nitrogen and oxygen atoms in total. The van der Waals surface area contributed by atoms with E-state index in [4.69, 9.17) is 0 Å². The Bertz CT molecular complexity index is 1310. The first-order chi connectivity index (χ1) is 18.7. The molecule has 1 aliphatic rings. The second kappa shape index (κ2) is 12.8. The lowest BCUT2D eigenvalue weighted by Gasteiger charge is -2.34. The number of carbonyl (C=O) groups is 3. The van der Waals surface area contributed by atoms with Crippen LogP contribution in [0, 0.1) is 12.7 Å². The number of hydrogen-bond donors (Lipinski definition) is 3. The van der Waals surface area contributed by atoms with Gasteiger partial charge in [-0.3, -0.25) is 19.7 Å². The zero-order valence-electron chi connectivity index (χ0n) is 22.7. The van der Waals surface area contributed by atoms with Crippen molar-refractivity contribution < 1.29 is 18.8 Å². The number of rotatable bonds is 10. The number of carbonyl (C=O) groups excluding carboxylic acids is 3. The van der Waals surface area contributed by atoms with Crippen LogP contribution in [0.15, 0.2) is 54.7 Å². The molecule has 2 aromatic carbocycles. The van der Waals surface area contributed by atoms with Gasteiger partial charge in [0.25, 0.3) is 0 Å². The van der Waals surface area contributed by atoms with Gasteiger partial charge in [0.2, 0.25) is 11.8 Å². The number of aryl methyl sites for hydroxylation is 1. The second-order valence-electron chi connectivity index (χ2n) is 10.3. The number of halogens is 1. The van der Waals surface area contributed by atoms with Gasteiger partial charge in [-0.2, -0.15) is 0 Å². The molecule has 9 heteroatoms. The summed E-state index contributed by atoms with van der Waals surface area (Å²) in [4.78, 5) is 48.5. The number of likely N-dealkylation sites (tertiary alicyclic amines) is 1. The van der Waals surface area contributed by atoms with Crippen LogP contribution in [0.5, 0.6) is 0 Å². The highest BCUT2D eigenvalue weighted by Gasteiger charge is 2.30. The minimum absolute atomic E-state index is 0.0665. The van der Waals surface area contributed by atoms with Gasteiger partial charge >= 0.3 is 0 Å². The van der Waals surface area contributed by atoms with Crippen LogP contribution in [0.2, 0.25) is 0 Å². The molecule has 206 valence electrons. The van der Waals surface area contributed by atoms with Gasteiger partial charge in [0.05, 0.1) is 36.9 Å². The highest BCUT2D eigenvalue weighted by atomic mass is 19.1. The largest absolute Gasteiger partial charge is 0.345 e. The number of benzene rings is 2. The molecule has 0 radical (unpaired) electrons. The Morgan fingerprint density at radius 2 is 1.92 bits per heavy atom. The summed E-state index contributed by atoms with van der Waals surface area (Å²) < 4.78 is 14.4. The number of piperidine rings is 1. The Kier molecular flexibility index (Phi) is 9.24. The fraction of sp³-hybridized carbons (Fsp3) is 0.400. The predicted octanol–water partition coefficient (Wildman–Crippen LogP) is 4.33. The monoisotopic (exact) mass is 533 g/mol. The van der Waals surface area contributed by atoms with Crippen LogP contribution < -0.4 is 10.6 Å². The van der Waals surface area contributed by atoms with Crippen molar-refractivity contribution in [2.24, 2.45) is 0 Å². The van der Waals surface area contributed by atoms with Gasteiger partial charge in [-0.05, 0) is 57.7 Å². The van der Waals surface area contributed by atoms with Crippen molar-refractivity contribution in [3.05, 3.63) is 77.5 Å². The minimum Gasteiger partial charge on any atom is -0.345 e. The van der Waals surface area contributed by atoms with Crippen LogP contribution in [0.25, 0.3) is 11.3 Å². The number of nitrogens with zero attached hydrogens (tertiary/aromatic N) is 2. The first-order valence-electron chi connectivity index (χ1n) is 13.5. The highest BCUT2D eigenvalue weighted by molar-refractivity contribution is 5.98. The number of ketones is 1. The summed E-state index contributed by atoms with van der Waals surface area (Å²) in [5, 5.41) is 5.91. The van der Waals surface area contributed by atoms with E-state index in [9.17, 15) is 18.8 Å². The number of imidazole rings is 1. The quantitative estimate of drug-likeness (QED) is 0.336. The molecule has 0 saturated carbocycles. The summed E-state index contributed by atoms with van der Waals surface area (Å²) in [5.41, 5.74) is 2.23. The third-order valence-corrected chi connectivity index (χ3v) is 7.20. The second-order valence-corrected chi connectivity index (χ2v) is 10.3. The first kappa shape index (κ1) is 28.2. The number of amides is 2. The molecule has 4 rings (SSSR count). The summed E-state index contributed by atoms with van der Waals surface area (Å²) in [6, 6.07) is 12.4. The summed E-state index contributed by atoms with van der Waals surface area (Å²) in [7, 11) is 0. The molecular weight excluding hydrogens is 497 g/mol. The van der Waals surface area contributed by atoms with E-state index in [1.165, 1.54) is 12.3 Å². The van der Waals surface area contributed by atoms with Crippen LogP contribution in [-0.4, -0.2) is 57.6 Å². The predicted molar refractivity (Wildman–Crippen MR) is 147 cm³/mol. The maximum Gasteiger partial charge on any atom is 0.238 e. The lowest BCUT2D eigenvalue weighted by atomic mass is 10.0. The Balaban J connectivity index is 1.45. The molecule has 2 heterocycles. The minimum atomic E-state index is -0.911. The van der Waals surface area contributed by atoms with Crippen molar-refractivity contribution in [3.8, 4) is 11.3 Å². The van der Waals surface area contributed by atoms with Crippen LogP contribution in [0.1, 0.15) is 67.3 Å². The van der Waals surface area contributed by atoms with Crippen molar-refractivity contribution >= 4 is 17.6 Å². The van der Waals surface area contributed by atoms with Gasteiger partial charge in [-0.1, -0.05) is 36.4 Å². The Labute approximate surface area is 228 Å². The average molecular weight is 534 g/mol. The molecule has 39 heavy (non-hydrogen) atoms. The highest BCUT2D eigenvalue weighted by Crippen LogP contribution is 2.23. The van der Waals surface area contributed by atoms with E-state index in [0.29, 0.717) is 29.2 Å². The van der Waals surface area contributed by atoms with Gasteiger partial charge < -0.3 is 15.2 Å². The number of H-pyrrole nitrogens is 1. The topological polar surface area (TPSA) is 107 Å². The molecule has 2 amide bonds. The molecule has 3 aromatic rings. The first-order valence-corrected chi connectivity index (χ1v) is 13.5. The van der Waals surface area contributed by atoms with Crippen molar-refractivity contribution in [3.63, 3.8) is 0 Å². The van der Waals surface area contributed by atoms with Crippen molar-refractivity contribution in [1.82, 2.24) is 25.5 Å². The Morgan fingerprint density at radius 3 is 2.64 bits per heavy atom. The van der Waals surface area contributed by atoms with Crippen LogP contribution in [-0.2, 0) is 9.59 Å². The number of aromatic amines is 1. The molecule has 1 aromatic heterocycles. The van der Waals surface area contributed by atoms with E-state index in [2.05, 4.69) is 20.6 Å². The lowest BCUT2D eigenvalue weighted by Crippen LogP contribution is -2.51. The molecular formula is C30H36FN5O3. The lowest BCUT2D eigenvalue weighted by molar-refractivity contribution is -0.137. The Morgan fingerprint density at radius 1 is 1.15 bits per heavy atom. The SMILES string of the molecule is Cc1ccc(-c2cnc([C@H](C)NC(=O)[C@H](CC(=O)N3CCCC[C@@H]3C)NCC(=O)c3ccccc3)[nH]2)c(F)c1. The van der Waals surface area contributed by atoms with E-state index in [1.807, 2.05) is 30.9 Å². The molecule has 1 fully saturated rings. The number of nitrogens with one attached hydrogen (secondary N) is 3. The summed E-state index contributed by atoms with van der Waals surface area (Å²) in [6.45, 7) is 6.17.